The first-order valence-corrected chi connectivity index (χ1v) is 7.80. The van der Waals surface area contributed by atoms with Crippen LogP contribution in [-0.4, -0.2) is 18.5 Å². The fourth-order valence-electron chi connectivity index (χ4n) is 2.74. The van der Waals surface area contributed by atoms with Crippen LogP contribution in [0, 0.1) is 0 Å². The number of hydrogen-bond acceptors (Lipinski definition) is 4. The van der Waals surface area contributed by atoms with Crippen molar-refractivity contribution in [2.45, 2.75) is 32.1 Å². The molecule has 0 radical (unpaired) electrons. The summed E-state index contributed by atoms with van der Waals surface area (Å²) in [5, 5.41) is 2.76. The van der Waals surface area contributed by atoms with E-state index in [1.165, 1.54) is 17.5 Å². The minimum absolute atomic E-state index is 0.194. The maximum absolute atomic E-state index is 11.8. The Kier molecular flexibility index (Phi) is 4.76. The van der Waals surface area contributed by atoms with Gasteiger partial charge in [-0.1, -0.05) is 6.07 Å². The van der Waals surface area contributed by atoms with Gasteiger partial charge in [0.15, 0.2) is 6.61 Å². The number of anilines is 1. The highest BCUT2D eigenvalue weighted by Gasteiger charge is 2.13. The highest BCUT2D eigenvalue weighted by Crippen LogP contribution is 2.24. The molecule has 1 N–H and O–H groups in total. The van der Waals surface area contributed by atoms with E-state index in [4.69, 9.17) is 9.15 Å². The second kappa shape index (κ2) is 7.13. The van der Waals surface area contributed by atoms with Crippen molar-refractivity contribution in [2.75, 3.05) is 11.9 Å². The number of furan rings is 1. The number of carbonyl (C=O) groups is 2. The number of benzene rings is 1. The average molecular weight is 313 g/mol. The van der Waals surface area contributed by atoms with E-state index in [1.54, 1.807) is 18.4 Å². The maximum atomic E-state index is 11.8. The summed E-state index contributed by atoms with van der Waals surface area (Å²) >= 11 is 0. The number of rotatable bonds is 6. The first-order valence-electron chi connectivity index (χ1n) is 7.80. The van der Waals surface area contributed by atoms with Crippen molar-refractivity contribution in [3.63, 3.8) is 0 Å². The fourth-order valence-corrected chi connectivity index (χ4v) is 2.74. The Morgan fingerprint density at radius 2 is 2.04 bits per heavy atom. The van der Waals surface area contributed by atoms with Crippen LogP contribution in [0.3, 0.4) is 0 Å². The predicted molar refractivity (Wildman–Crippen MR) is 85.1 cm³/mol. The van der Waals surface area contributed by atoms with Gasteiger partial charge in [0.1, 0.15) is 5.76 Å². The molecule has 23 heavy (non-hydrogen) atoms. The van der Waals surface area contributed by atoms with E-state index in [2.05, 4.69) is 5.32 Å². The van der Waals surface area contributed by atoms with Crippen molar-refractivity contribution in [3.05, 3.63) is 53.5 Å². The van der Waals surface area contributed by atoms with Crippen molar-refractivity contribution in [1.29, 1.82) is 0 Å². The van der Waals surface area contributed by atoms with Gasteiger partial charge in [-0.15, -0.1) is 0 Å². The molecular formula is C18H19NO4. The Hall–Kier alpha value is -2.56. The first kappa shape index (κ1) is 15.3. The molecule has 0 saturated heterocycles. The summed E-state index contributed by atoms with van der Waals surface area (Å²) < 4.78 is 10.1. The molecule has 0 fully saturated rings. The Labute approximate surface area is 134 Å². The van der Waals surface area contributed by atoms with Gasteiger partial charge < -0.3 is 14.5 Å². The van der Waals surface area contributed by atoms with Crippen molar-refractivity contribution >= 4 is 17.6 Å². The van der Waals surface area contributed by atoms with Crippen LogP contribution in [-0.2, 0) is 33.6 Å². The number of fused-ring (bicyclic) bond motifs is 1. The zero-order chi connectivity index (χ0) is 16.1. The zero-order valence-electron chi connectivity index (χ0n) is 12.8. The van der Waals surface area contributed by atoms with Crippen LogP contribution in [0.25, 0.3) is 0 Å². The van der Waals surface area contributed by atoms with Gasteiger partial charge in [-0.05, 0) is 54.7 Å². The third kappa shape index (κ3) is 4.22. The van der Waals surface area contributed by atoms with Crippen molar-refractivity contribution in [2.24, 2.45) is 0 Å². The molecule has 1 aromatic heterocycles. The Balaban J connectivity index is 1.41. The lowest BCUT2D eigenvalue weighted by atomic mass is 10.1. The van der Waals surface area contributed by atoms with Crippen LogP contribution in [0.15, 0.2) is 41.0 Å². The first-order chi connectivity index (χ1) is 11.2. The second-order valence-electron chi connectivity index (χ2n) is 5.63. The summed E-state index contributed by atoms with van der Waals surface area (Å²) in [5.41, 5.74) is 3.40. The van der Waals surface area contributed by atoms with Gasteiger partial charge in [0.05, 0.1) is 12.7 Å². The molecule has 120 valence electrons. The predicted octanol–water partition coefficient (Wildman–Crippen LogP) is 2.88. The van der Waals surface area contributed by atoms with Gasteiger partial charge >= 0.3 is 5.97 Å². The summed E-state index contributed by atoms with van der Waals surface area (Å²) in [6.07, 6.45) is 5.56. The minimum Gasteiger partial charge on any atom is -0.469 e. The largest absolute Gasteiger partial charge is 0.469 e. The Bertz CT molecular complexity index is 691. The van der Waals surface area contributed by atoms with Crippen LogP contribution in [0.2, 0.25) is 0 Å². The topological polar surface area (TPSA) is 68.5 Å². The summed E-state index contributed by atoms with van der Waals surface area (Å²) in [5.74, 6) is -0.00987. The zero-order valence-corrected chi connectivity index (χ0v) is 12.8. The lowest BCUT2D eigenvalue weighted by Gasteiger charge is -2.08. The minimum atomic E-state index is -0.412. The maximum Gasteiger partial charge on any atom is 0.306 e. The molecule has 5 heteroatoms. The highest BCUT2D eigenvalue weighted by molar-refractivity contribution is 5.92. The number of aryl methyl sites for hydroxylation is 3. The average Bonchev–Trinajstić information content (AvgIpc) is 3.21. The Morgan fingerprint density at radius 3 is 2.87 bits per heavy atom. The van der Waals surface area contributed by atoms with Gasteiger partial charge in [0, 0.05) is 12.1 Å². The quantitative estimate of drug-likeness (QED) is 0.833. The Morgan fingerprint density at radius 1 is 1.17 bits per heavy atom. The van der Waals surface area contributed by atoms with E-state index < -0.39 is 5.97 Å². The van der Waals surface area contributed by atoms with E-state index in [9.17, 15) is 9.59 Å². The SMILES string of the molecule is O=C(COC(=O)CCc1ccco1)Nc1ccc2c(c1)CCC2. The van der Waals surface area contributed by atoms with E-state index in [0.29, 0.717) is 6.42 Å². The molecule has 1 amide bonds. The molecule has 3 rings (SSSR count). The van der Waals surface area contributed by atoms with E-state index >= 15 is 0 Å². The van der Waals surface area contributed by atoms with Gasteiger partial charge in [0.2, 0.25) is 0 Å². The van der Waals surface area contributed by atoms with Crippen LogP contribution < -0.4 is 5.32 Å². The molecule has 1 heterocycles. The summed E-state index contributed by atoms with van der Waals surface area (Å²) in [6.45, 7) is -0.270. The van der Waals surface area contributed by atoms with Crippen molar-refractivity contribution in [1.82, 2.24) is 0 Å². The molecule has 0 saturated carbocycles. The van der Waals surface area contributed by atoms with E-state index in [0.717, 1.165) is 24.3 Å². The van der Waals surface area contributed by atoms with Gasteiger partial charge in [0.25, 0.3) is 5.91 Å². The summed E-state index contributed by atoms with van der Waals surface area (Å²) in [4.78, 5) is 23.4. The molecule has 1 aliphatic carbocycles. The van der Waals surface area contributed by atoms with Crippen LogP contribution >= 0.6 is 0 Å². The van der Waals surface area contributed by atoms with Gasteiger partial charge in [-0.3, -0.25) is 9.59 Å². The smallest absolute Gasteiger partial charge is 0.306 e. The van der Waals surface area contributed by atoms with Gasteiger partial charge in [-0.2, -0.15) is 0 Å². The summed E-state index contributed by atoms with van der Waals surface area (Å²) in [7, 11) is 0. The number of nitrogens with one attached hydrogen (secondary N) is 1. The van der Waals surface area contributed by atoms with Crippen molar-refractivity contribution in [3.8, 4) is 0 Å². The number of carbonyl (C=O) groups excluding carboxylic acids is 2. The van der Waals surface area contributed by atoms with E-state index in [-0.39, 0.29) is 18.9 Å². The molecule has 0 unspecified atom stereocenters. The molecule has 2 aromatic rings. The molecule has 0 spiro atoms. The number of esters is 1. The molecule has 0 bridgehead atoms. The van der Waals surface area contributed by atoms with Crippen molar-refractivity contribution < 1.29 is 18.7 Å². The third-order valence-electron chi connectivity index (χ3n) is 3.90. The number of hydrogen-bond donors (Lipinski definition) is 1. The standard InChI is InChI=1S/C18H19NO4/c20-17(12-23-18(21)9-8-16-5-2-10-22-16)19-15-7-6-13-3-1-4-14(13)11-15/h2,5-7,10-11H,1,3-4,8-9,12H2,(H,19,20). The lowest BCUT2D eigenvalue weighted by Crippen LogP contribution is -2.21. The number of amides is 1. The number of ether oxygens (including phenoxy) is 1. The second-order valence-corrected chi connectivity index (χ2v) is 5.63. The van der Waals surface area contributed by atoms with Crippen LogP contribution in [0.1, 0.15) is 29.7 Å². The van der Waals surface area contributed by atoms with Gasteiger partial charge in [-0.25, -0.2) is 0 Å². The van der Waals surface area contributed by atoms with E-state index in [1.807, 2.05) is 18.2 Å². The molecule has 1 aromatic carbocycles. The normalized spacial score (nSPS) is 12.7. The molecule has 0 atom stereocenters. The monoisotopic (exact) mass is 313 g/mol. The molecular weight excluding hydrogens is 294 g/mol. The molecule has 5 nitrogen and oxygen atoms in total. The van der Waals surface area contributed by atoms with Crippen LogP contribution in [0.4, 0.5) is 5.69 Å². The lowest BCUT2D eigenvalue weighted by molar-refractivity contribution is -0.147. The highest BCUT2D eigenvalue weighted by atomic mass is 16.5. The third-order valence-corrected chi connectivity index (χ3v) is 3.90. The molecule has 0 aliphatic heterocycles. The molecule has 1 aliphatic rings. The fraction of sp³-hybridized carbons (Fsp3) is 0.333. The van der Waals surface area contributed by atoms with Crippen LogP contribution in [0.5, 0.6) is 0 Å². The summed E-state index contributed by atoms with van der Waals surface area (Å²) in [6, 6.07) is 9.51.